The van der Waals surface area contributed by atoms with E-state index in [0.717, 1.165) is 17.5 Å². The van der Waals surface area contributed by atoms with Crippen LogP contribution in [0.15, 0.2) is 41.3 Å². The molecule has 0 aliphatic carbocycles. The molecule has 0 unspecified atom stereocenters. The van der Waals surface area contributed by atoms with Gasteiger partial charge in [-0.1, -0.05) is 19.9 Å². The Labute approximate surface area is 170 Å². The summed E-state index contributed by atoms with van der Waals surface area (Å²) in [7, 11) is -3.78. The number of sulfonamides is 1. The van der Waals surface area contributed by atoms with Crippen LogP contribution in [0, 0.1) is 5.92 Å². The summed E-state index contributed by atoms with van der Waals surface area (Å²) >= 11 is 0. The van der Waals surface area contributed by atoms with Crippen molar-refractivity contribution in [3.8, 4) is 11.5 Å². The average molecular weight is 416 g/mol. The van der Waals surface area contributed by atoms with E-state index in [2.05, 4.69) is 4.72 Å². The summed E-state index contributed by atoms with van der Waals surface area (Å²) in [6.07, 6.45) is 0.767. The van der Waals surface area contributed by atoms with Gasteiger partial charge in [0.05, 0.1) is 4.90 Å². The van der Waals surface area contributed by atoms with Crippen molar-refractivity contribution in [2.24, 2.45) is 5.92 Å². The number of carbonyl (C=O) groups is 1. The normalized spacial score (nSPS) is 15.8. The van der Waals surface area contributed by atoms with Crippen LogP contribution in [0.1, 0.15) is 25.0 Å². The molecule has 2 aliphatic heterocycles. The monoisotopic (exact) mass is 416 g/mol. The first-order chi connectivity index (χ1) is 13.8. The van der Waals surface area contributed by atoms with Crippen LogP contribution < -0.4 is 14.2 Å². The Balaban J connectivity index is 1.55. The number of benzene rings is 2. The molecule has 1 amide bonds. The fourth-order valence-electron chi connectivity index (χ4n) is 3.58. The molecule has 7 nitrogen and oxygen atoms in total. The maximum absolute atomic E-state index is 12.8. The summed E-state index contributed by atoms with van der Waals surface area (Å²) in [5.41, 5.74) is 2.57. The van der Waals surface area contributed by atoms with E-state index in [1.165, 1.54) is 12.1 Å². The lowest BCUT2D eigenvalue weighted by atomic mass is 9.98. The molecule has 0 spiro atoms. The third-order valence-corrected chi connectivity index (χ3v) is 6.48. The van der Waals surface area contributed by atoms with E-state index in [-0.39, 0.29) is 16.7 Å². The molecule has 0 aromatic heterocycles. The van der Waals surface area contributed by atoms with E-state index in [0.29, 0.717) is 43.5 Å². The summed E-state index contributed by atoms with van der Waals surface area (Å²) < 4.78 is 39.2. The summed E-state index contributed by atoms with van der Waals surface area (Å²) in [5, 5.41) is 0. The Bertz CT molecular complexity index is 1050. The fraction of sp³-hybridized carbons (Fsp3) is 0.381. The van der Waals surface area contributed by atoms with Crippen molar-refractivity contribution < 1.29 is 22.7 Å². The van der Waals surface area contributed by atoms with Crippen molar-refractivity contribution in [1.82, 2.24) is 4.90 Å². The van der Waals surface area contributed by atoms with Crippen molar-refractivity contribution in [2.75, 3.05) is 24.5 Å². The second-order valence-corrected chi connectivity index (χ2v) is 9.24. The number of hydrogen-bond donors (Lipinski definition) is 1. The Hall–Kier alpha value is -2.74. The summed E-state index contributed by atoms with van der Waals surface area (Å²) in [5.74, 6) is 1.01. The highest BCUT2D eigenvalue weighted by Gasteiger charge is 2.24. The number of rotatable bonds is 4. The van der Waals surface area contributed by atoms with E-state index < -0.39 is 10.0 Å². The van der Waals surface area contributed by atoms with Gasteiger partial charge in [0.1, 0.15) is 13.2 Å². The topological polar surface area (TPSA) is 84.9 Å². The molecule has 0 fully saturated rings. The first-order valence-electron chi connectivity index (χ1n) is 9.66. The van der Waals surface area contributed by atoms with E-state index in [1.807, 2.05) is 30.9 Å². The maximum atomic E-state index is 12.8. The summed E-state index contributed by atoms with van der Waals surface area (Å²) in [6.45, 7) is 5.78. The van der Waals surface area contributed by atoms with Gasteiger partial charge < -0.3 is 14.4 Å². The van der Waals surface area contributed by atoms with Gasteiger partial charge in [0.2, 0.25) is 5.91 Å². The third kappa shape index (κ3) is 4.03. The van der Waals surface area contributed by atoms with Gasteiger partial charge in [0, 0.05) is 30.8 Å². The van der Waals surface area contributed by atoms with Crippen LogP contribution >= 0.6 is 0 Å². The largest absolute Gasteiger partial charge is 0.486 e. The molecule has 2 heterocycles. The number of anilines is 1. The fourth-order valence-corrected chi connectivity index (χ4v) is 4.64. The number of amides is 1. The van der Waals surface area contributed by atoms with Gasteiger partial charge in [-0.25, -0.2) is 8.42 Å². The summed E-state index contributed by atoms with van der Waals surface area (Å²) in [4.78, 5) is 14.2. The molecule has 0 bridgehead atoms. The van der Waals surface area contributed by atoms with Crippen LogP contribution in [0.4, 0.5) is 5.69 Å². The average Bonchev–Trinajstić information content (AvgIpc) is 2.72. The molecule has 154 valence electrons. The molecular formula is C21H24N2O5S. The number of hydrogen-bond acceptors (Lipinski definition) is 5. The molecule has 2 aromatic rings. The second-order valence-electron chi connectivity index (χ2n) is 7.56. The molecule has 0 saturated heterocycles. The second kappa shape index (κ2) is 7.59. The Kier molecular flexibility index (Phi) is 5.12. The zero-order chi connectivity index (χ0) is 20.6. The lowest BCUT2D eigenvalue weighted by Gasteiger charge is -2.30. The molecule has 4 rings (SSSR count). The van der Waals surface area contributed by atoms with Crippen LogP contribution in [-0.2, 0) is 27.8 Å². The summed E-state index contributed by atoms with van der Waals surface area (Å²) in [6, 6.07) is 10.1. The predicted molar refractivity (Wildman–Crippen MR) is 109 cm³/mol. The number of nitrogens with one attached hydrogen (secondary N) is 1. The molecule has 2 aromatic carbocycles. The third-order valence-electron chi connectivity index (χ3n) is 5.10. The SMILES string of the molecule is CC(C)C(=O)N1CCc2ccc(NS(=O)(=O)c3ccc4c(c3)OCCO4)cc2C1. The first kappa shape index (κ1) is 19.6. The van der Waals surface area contributed by atoms with Crippen LogP contribution in [0.25, 0.3) is 0 Å². The predicted octanol–water partition coefficient (Wildman–Crippen LogP) is 2.80. The van der Waals surface area contributed by atoms with Crippen molar-refractivity contribution in [3.63, 3.8) is 0 Å². The van der Waals surface area contributed by atoms with Crippen molar-refractivity contribution in [2.45, 2.75) is 31.7 Å². The van der Waals surface area contributed by atoms with Gasteiger partial charge in [-0.3, -0.25) is 9.52 Å². The highest BCUT2D eigenvalue weighted by molar-refractivity contribution is 7.92. The molecule has 8 heteroatoms. The lowest BCUT2D eigenvalue weighted by molar-refractivity contribution is -0.135. The van der Waals surface area contributed by atoms with E-state index in [9.17, 15) is 13.2 Å². The first-order valence-corrected chi connectivity index (χ1v) is 11.1. The van der Waals surface area contributed by atoms with E-state index in [4.69, 9.17) is 9.47 Å². The Morgan fingerprint density at radius 3 is 2.55 bits per heavy atom. The lowest BCUT2D eigenvalue weighted by Crippen LogP contribution is -2.38. The number of nitrogens with zero attached hydrogens (tertiary/aromatic N) is 1. The molecule has 0 radical (unpaired) electrons. The van der Waals surface area contributed by atoms with Crippen molar-refractivity contribution in [1.29, 1.82) is 0 Å². The highest BCUT2D eigenvalue weighted by Crippen LogP contribution is 2.33. The highest BCUT2D eigenvalue weighted by atomic mass is 32.2. The van der Waals surface area contributed by atoms with Gasteiger partial charge in [0.15, 0.2) is 11.5 Å². The van der Waals surface area contributed by atoms with Gasteiger partial charge in [-0.2, -0.15) is 0 Å². The van der Waals surface area contributed by atoms with Crippen LogP contribution in [0.2, 0.25) is 0 Å². The minimum Gasteiger partial charge on any atom is -0.486 e. The zero-order valence-corrected chi connectivity index (χ0v) is 17.3. The number of ether oxygens (including phenoxy) is 2. The smallest absolute Gasteiger partial charge is 0.262 e. The molecule has 1 N–H and O–H groups in total. The van der Waals surface area contributed by atoms with Crippen molar-refractivity contribution >= 4 is 21.6 Å². The maximum Gasteiger partial charge on any atom is 0.262 e. The van der Waals surface area contributed by atoms with Crippen molar-refractivity contribution in [3.05, 3.63) is 47.5 Å². The standard InChI is InChI=1S/C21H24N2O5S/c1-14(2)21(24)23-8-7-15-3-4-17(11-16(15)13-23)22-29(25,26)18-5-6-19-20(12-18)28-10-9-27-19/h3-6,11-12,14,22H,7-10,13H2,1-2H3. The minimum atomic E-state index is -3.78. The zero-order valence-electron chi connectivity index (χ0n) is 16.5. The Morgan fingerprint density at radius 2 is 1.79 bits per heavy atom. The molecule has 2 aliphatic rings. The molecule has 29 heavy (non-hydrogen) atoms. The van der Waals surface area contributed by atoms with E-state index >= 15 is 0 Å². The van der Waals surface area contributed by atoms with Gasteiger partial charge in [-0.15, -0.1) is 0 Å². The quantitative estimate of drug-likeness (QED) is 0.829. The number of carbonyl (C=O) groups excluding carboxylic acids is 1. The van der Waals surface area contributed by atoms with Crippen LogP contribution in [0.5, 0.6) is 11.5 Å². The Morgan fingerprint density at radius 1 is 1.03 bits per heavy atom. The van der Waals surface area contributed by atoms with E-state index in [1.54, 1.807) is 12.1 Å². The minimum absolute atomic E-state index is 0.0616. The number of fused-ring (bicyclic) bond motifs is 2. The van der Waals surface area contributed by atoms with Gasteiger partial charge >= 0.3 is 0 Å². The molecule has 0 atom stereocenters. The van der Waals surface area contributed by atoms with Crippen LogP contribution in [0.3, 0.4) is 0 Å². The molecular weight excluding hydrogens is 392 g/mol. The van der Waals surface area contributed by atoms with Gasteiger partial charge in [0.25, 0.3) is 10.0 Å². The van der Waals surface area contributed by atoms with Gasteiger partial charge in [-0.05, 0) is 41.8 Å². The van der Waals surface area contributed by atoms with Crippen LogP contribution in [-0.4, -0.2) is 39.0 Å². The molecule has 0 saturated carbocycles.